The van der Waals surface area contributed by atoms with Crippen molar-refractivity contribution in [3.63, 3.8) is 0 Å². The lowest BCUT2D eigenvalue weighted by Crippen LogP contribution is -2.31. The Morgan fingerprint density at radius 3 is 1.78 bits per heavy atom. The molecule has 0 aliphatic carbocycles. The molecule has 0 bridgehead atoms. The molecular formula is C21H28O2. The summed E-state index contributed by atoms with van der Waals surface area (Å²) in [6, 6.07) is 16.7. The highest BCUT2D eigenvalue weighted by Crippen LogP contribution is 2.26. The van der Waals surface area contributed by atoms with E-state index in [0.29, 0.717) is 0 Å². The molecular weight excluding hydrogens is 284 g/mol. The zero-order valence-corrected chi connectivity index (χ0v) is 14.8. The molecule has 0 heterocycles. The molecule has 2 aromatic rings. The van der Waals surface area contributed by atoms with Gasteiger partial charge in [0.1, 0.15) is 17.1 Å². The quantitative estimate of drug-likeness (QED) is 0.628. The number of rotatable bonds is 8. The molecule has 1 unspecified atom stereocenters. The zero-order valence-electron chi connectivity index (χ0n) is 14.8. The first-order valence-corrected chi connectivity index (χ1v) is 8.49. The van der Waals surface area contributed by atoms with Gasteiger partial charge in [-0.05, 0) is 61.6 Å². The fourth-order valence-electron chi connectivity index (χ4n) is 2.77. The van der Waals surface area contributed by atoms with Gasteiger partial charge in [-0.2, -0.15) is 0 Å². The van der Waals surface area contributed by atoms with Gasteiger partial charge < -0.3 is 9.47 Å². The van der Waals surface area contributed by atoms with Crippen LogP contribution in [0.5, 0.6) is 11.5 Å². The van der Waals surface area contributed by atoms with Gasteiger partial charge >= 0.3 is 0 Å². The average molecular weight is 312 g/mol. The molecule has 124 valence electrons. The van der Waals surface area contributed by atoms with Gasteiger partial charge in [-0.25, -0.2) is 0 Å². The van der Waals surface area contributed by atoms with Crippen LogP contribution in [0.4, 0.5) is 0 Å². The minimum absolute atomic E-state index is 0.0632. The van der Waals surface area contributed by atoms with E-state index in [-0.39, 0.29) is 5.60 Å². The lowest BCUT2D eigenvalue weighted by atomic mass is 9.97. The second-order valence-electron chi connectivity index (χ2n) is 6.32. The molecule has 0 saturated heterocycles. The second kappa shape index (κ2) is 8.05. The summed E-state index contributed by atoms with van der Waals surface area (Å²) >= 11 is 0. The van der Waals surface area contributed by atoms with Crippen molar-refractivity contribution in [2.75, 3.05) is 7.11 Å². The Balaban J connectivity index is 2.01. The monoisotopic (exact) mass is 312 g/mol. The number of hydrogen-bond donors (Lipinski definition) is 0. The summed E-state index contributed by atoms with van der Waals surface area (Å²) in [5, 5.41) is 0. The van der Waals surface area contributed by atoms with Crippen LogP contribution in [0.2, 0.25) is 0 Å². The van der Waals surface area contributed by atoms with E-state index in [4.69, 9.17) is 9.47 Å². The molecule has 2 nitrogen and oxygen atoms in total. The van der Waals surface area contributed by atoms with Crippen molar-refractivity contribution in [2.24, 2.45) is 0 Å². The first-order valence-electron chi connectivity index (χ1n) is 8.49. The molecule has 2 heteroatoms. The predicted molar refractivity (Wildman–Crippen MR) is 96.5 cm³/mol. The molecule has 0 aliphatic heterocycles. The maximum Gasteiger partial charge on any atom is 0.120 e. The van der Waals surface area contributed by atoms with Crippen LogP contribution in [-0.4, -0.2) is 12.7 Å². The highest BCUT2D eigenvalue weighted by molar-refractivity contribution is 5.34. The third kappa shape index (κ3) is 5.02. The maximum absolute atomic E-state index is 6.21. The first kappa shape index (κ1) is 17.4. The third-order valence-corrected chi connectivity index (χ3v) is 4.38. The normalized spacial score (nSPS) is 13.4. The fourth-order valence-corrected chi connectivity index (χ4v) is 2.77. The Morgan fingerprint density at radius 1 is 0.826 bits per heavy atom. The van der Waals surface area contributed by atoms with E-state index >= 15 is 0 Å². The average Bonchev–Trinajstić information content (AvgIpc) is 2.57. The van der Waals surface area contributed by atoms with E-state index in [1.165, 1.54) is 11.1 Å². The largest absolute Gasteiger partial charge is 0.497 e. The van der Waals surface area contributed by atoms with Crippen molar-refractivity contribution in [3.8, 4) is 11.5 Å². The summed E-state index contributed by atoms with van der Waals surface area (Å²) in [6.07, 6.45) is 4.16. The Kier molecular flexibility index (Phi) is 6.09. The van der Waals surface area contributed by atoms with Gasteiger partial charge in [0.2, 0.25) is 0 Å². The third-order valence-electron chi connectivity index (χ3n) is 4.38. The van der Waals surface area contributed by atoms with Crippen LogP contribution in [0.25, 0.3) is 0 Å². The van der Waals surface area contributed by atoms with E-state index in [1.807, 2.05) is 12.1 Å². The molecule has 2 aromatic carbocycles. The van der Waals surface area contributed by atoms with Crippen LogP contribution in [0, 0.1) is 0 Å². The SMILES string of the molecule is CCCC(C)(CC)Oc1ccc(Cc2ccc(OC)cc2)cc1. The highest BCUT2D eigenvalue weighted by Gasteiger charge is 2.22. The standard InChI is InChI=1S/C21H28O2/c1-5-15-21(3,6-2)23-20-13-9-18(10-14-20)16-17-7-11-19(22-4)12-8-17/h7-14H,5-6,15-16H2,1-4H3. The molecule has 0 N–H and O–H groups in total. The number of hydrogen-bond acceptors (Lipinski definition) is 2. The van der Waals surface area contributed by atoms with E-state index in [1.54, 1.807) is 7.11 Å². The smallest absolute Gasteiger partial charge is 0.120 e. The van der Waals surface area contributed by atoms with Gasteiger partial charge in [0, 0.05) is 0 Å². The summed E-state index contributed by atoms with van der Waals surface area (Å²) in [5.41, 5.74) is 2.51. The number of ether oxygens (including phenoxy) is 2. The van der Waals surface area contributed by atoms with Gasteiger partial charge in [0.15, 0.2) is 0 Å². The molecule has 0 saturated carbocycles. The Hall–Kier alpha value is -1.96. The Bertz CT molecular complexity index is 586. The molecule has 0 aromatic heterocycles. The molecule has 0 aliphatic rings. The van der Waals surface area contributed by atoms with Crippen molar-refractivity contribution in [1.82, 2.24) is 0 Å². The van der Waals surface area contributed by atoms with Gasteiger partial charge in [-0.3, -0.25) is 0 Å². The molecule has 1 atom stereocenters. The minimum Gasteiger partial charge on any atom is -0.497 e. The summed E-state index contributed by atoms with van der Waals surface area (Å²) in [5.74, 6) is 1.86. The van der Waals surface area contributed by atoms with Crippen LogP contribution >= 0.6 is 0 Å². The van der Waals surface area contributed by atoms with E-state index in [0.717, 1.165) is 37.2 Å². The molecule has 2 rings (SSSR count). The van der Waals surface area contributed by atoms with Gasteiger partial charge in [-0.1, -0.05) is 44.5 Å². The van der Waals surface area contributed by atoms with Crippen LogP contribution in [0.1, 0.15) is 51.2 Å². The van der Waals surface area contributed by atoms with Crippen molar-refractivity contribution in [3.05, 3.63) is 59.7 Å². The summed E-state index contributed by atoms with van der Waals surface area (Å²) < 4.78 is 11.4. The lowest BCUT2D eigenvalue weighted by molar-refractivity contribution is 0.0741. The highest BCUT2D eigenvalue weighted by atomic mass is 16.5. The maximum atomic E-state index is 6.21. The van der Waals surface area contributed by atoms with Crippen LogP contribution < -0.4 is 9.47 Å². The van der Waals surface area contributed by atoms with Crippen molar-refractivity contribution < 1.29 is 9.47 Å². The van der Waals surface area contributed by atoms with E-state index < -0.39 is 0 Å². The van der Waals surface area contributed by atoms with Crippen LogP contribution in [0.3, 0.4) is 0 Å². The molecule has 23 heavy (non-hydrogen) atoms. The molecule has 0 amide bonds. The first-order chi connectivity index (χ1) is 11.1. The van der Waals surface area contributed by atoms with Crippen LogP contribution in [0.15, 0.2) is 48.5 Å². The summed E-state index contributed by atoms with van der Waals surface area (Å²) in [6.45, 7) is 6.59. The summed E-state index contributed by atoms with van der Waals surface area (Å²) in [7, 11) is 1.69. The van der Waals surface area contributed by atoms with Crippen molar-refractivity contribution in [1.29, 1.82) is 0 Å². The fraction of sp³-hybridized carbons (Fsp3) is 0.429. The molecule has 0 radical (unpaired) electrons. The minimum atomic E-state index is -0.0632. The van der Waals surface area contributed by atoms with Crippen molar-refractivity contribution >= 4 is 0 Å². The lowest BCUT2D eigenvalue weighted by Gasteiger charge is -2.29. The topological polar surface area (TPSA) is 18.5 Å². The number of methoxy groups -OCH3 is 1. The van der Waals surface area contributed by atoms with Gasteiger partial charge in [0.05, 0.1) is 7.11 Å². The molecule has 0 spiro atoms. The predicted octanol–water partition coefficient (Wildman–Crippen LogP) is 5.63. The van der Waals surface area contributed by atoms with Crippen molar-refractivity contribution in [2.45, 2.75) is 52.1 Å². The Labute approximate surface area is 140 Å². The van der Waals surface area contributed by atoms with Gasteiger partial charge in [-0.15, -0.1) is 0 Å². The number of benzene rings is 2. The summed E-state index contributed by atoms with van der Waals surface area (Å²) in [4.78, 5) is 0. The second-order valence-corrected chi connectivity index (χ2v) is 6.32. The van der Waals surface area contributed by atoms with Crippen LogP contribution in [-0.2, 0) is 6.42 Å². The van der Waals surface area contributed by atoms with Gasteiger partial charge in [0.25, 0.3) is 0 Å². The Morgan fingerprint density at radius 2 is 1.35 bits per heavy atom. The zero-order chi connectivity index (χ0) is 16.7. The molecule has 0 fully saturated rings. The van der Waals surface area contributed by atoms with E-state index in [2.05, 4.69) is 57.2 Å². The van der Waals surface area contributed by atoms with E-state index in [9.17, 15) is 0 Å².